The molecule has 0 atom stereocenters. The van der Waals surface area contributed by atoms with Crippen LogP contribution in [0.4, 0.5) is 5.69 Å². The van der Waals surface area contributed by atoms with Gasteiger partial charge in [0.2, 0.25) is 0 Å². The summed E-state index contributed by atoms with van der Waals surface area (Å²) >= 11 is 8.54. The highest BCUT2D eigenvalue weighted by molar-refractivity contribution is 9.13. The summed E-state index contributed by atoms with van der Waals surface area (Å²) in [6.07, 6.45) is 0. The minimum Gasteiger partial charge on any atom is -0.397 e. The van der Waals surface area contributed by atoms with Crippen molar-refractivity contribution in [1.82, 2.24) is 0 Å². The zero-order valence-electron chi connectivity index (χ0n) is 5.97. The third-order valence-electron chi connectivity index (χ3n) is 1.69. The zero-order chi connectivity index (χ0) is 8.72. The van der Waals surface area contributed by atoms with E-state index in [0.29, 0.717) is 0 Å². The normalized spacial score (nSPS) is 10.8. The summed E-state index contributed by atoms with van der Waals surface area (Å²) in [6.45, 7) is 0. The average molecular weight is 307 g/mol. The summed E-state index contributed by atoms with van der Waals surface area (Å²) in [5.41, 5.74) is 6.70. The molecule has 2 aromatic rings. The standard InChI is InChI=1S/C8H5Br2NS/c9-5-3-6-4(1-2-12-6)8(11)7(5)10/h1-3H,11H2. The van der Waals surface area contributed by atoms with Gasteiger partial charge in [0.15, 0.2) is 0 Å². The maximum atomic E-state index is 5.89. The summed E-state index contributed by atoms with van der Waals surface area (Å²) in [7, 11) is 0. The second-order valence-corrected chi connectivity index (χ2v) is 5.01. The van der Waals surface area contributed by atoms with Crippen LogP contribution in [-0.4, -0.2) is 0 Å². The number of anilines is 1. The second-order valence-electron chi connectivity index (χ2n) is 2.42. The van der Waals surface area contributed by atoms with Gasteiger partial charge in [-0.3, -0.25) is 0 Å². The van der Waals surface area contributed by atoms with Crippen LogP contribution in [-0.2, 0) is 0 Å². The third kappa shape index (κ3) is 1.18. The predicted octanol–water partition coefficient (Wildman–Crippen LogP) is 4.01. The molecular formula is C8H5Br2NS. The molecule has 1 aromatic heterocycles. The van der Waals surface area contributed by atoms with E-state index in [4.69, 9.17) is 5.73 Å². The second kappa shape index (κ2) is 3.01. The van der Waals surface area contributed by atoms with Crippen molar-refractivity contribution in [2.45, 2.75) is 0 Å². The minimum absolute atomic E-state index is 0.806. The molecule has 0 saturated carbocycles. The lowest BCUT2D eigenvalue weighted by Gasteiger charge is -2.02. The fraction of sp³-hybridized carbons (Fsp3) is 0. The van der Waals surface area contributed by atoms with E-state index >= 15 is 0 Å². The Kier molecular flexibility index (Phi) is 2.14. The molecule has 2 rings (SSSR count). The quantitative estimate of drug-likeness (QED) is 0.731. The molecule has 0 amide bonds. The molecule has 0 aliphatic rings. The number of benzene rings is 1. The molecular weight excluding hydrogens is 302 g/mol. The summed E-state index contributed by atoms with van der Waals surface area (Å²) in [5.74, 6) is 0. The number of fused-ring (bicyclic) bond motifs is 1. The summed E-state index contributed by atoms with van der Waals surface area (Å²) in [4.78, 5) is 0. The highest BCUT2D eigenvalue weighted by atomic mass is 79.9. The Balaban J connectivity index is 2.94. The maximum absolute atomic E-state index is 5.89. The molecule has 1 aromatic carbocycles. The van der Waals surface area contributed by atoms with Crippen LogP contribution < -0.4 is 5.73 Å². The lowest BCUT2D eigenvalue weighted by atomic mass is 10.2. The molecule has 1 nitrogen and oxygen atoms in total. The van der Waals surface area contributed by atoms with Gasteiger partial charge >= 0.3 is 0 Å². The molecule has 0 bridgehead atoms. The van der Waals surface area contributed by atoms with E-state index in [9.17, 15) is 0 Å². The van der Waals surface area contributed by atoms with Gasteiger partial charge < -0.3 is 5.73 Å². The number of nitrogens with two attached hydrogens (primary N) is 1. The number of rotatable bonds is 0. The van der Waals surface area contributed by atoms with E-state index in [2.05, 4.69) is 37.9 Å². The van der Waals surface area contributed by atoms with Crippen molar-refractivity contribution in [3.63, 3.8) is 0 Å². The topological polar surface area (TPSA) is 26.0 Å². The molecule has 0 aliphatic heterocycles. The van der Waals surface area contributed by atoms with Gasteiger partial charge in [0.05, 0.1) is 10.2 Å². The van der Waals surface area contributed by atoms with Crippen LogP contribution in [0.1, 0.15) is 0 Å². The molecule has 2 N–H and O–H groups in total. The van der Waals surface area contributed by atoms with Crippen LogP contribution in [0.25, 0.3) is 10.1 Å². The molecule has 0 radical (unpaired) electrons. The number of thiophene rings is 1. The van der Waals surface area contributed by atoms with Gasteiger partial charge in [-0.2, -0.15) is 0 Å². The SMILES string of the molecule is Nc1c(Br)c(Br)cc2sccc12. The number of hydrogen-bond acceptors (Lipinski definition) is 2. The van der Waals surface area contributed by atoms with E-state index in [-0.39, 0.29) is 0 Å². The van der Waals surface area contributed by atoms with Crippen LogP contribution in [0.3, 0.4) is 0 Å². The first-order valence-corrected chi connectivity index (χ1v) is 5.77. The first-order valence-electron chi connectivity index (χ1n) is 3.31. The van der Waals surface area contributed by atoms with Crippen molar-refractivity contribution >= 4 is 59.0 Å². The molecule has 62 valence electrons. The Morgan fingerprint density at radius 1 is 1.33 bits per heavy atom. The van der Waals surface area contributed by atoms with Crippen LogP contribution in [0.2, 0.25) is 0 Å². The van der Waals surface area contributed by atoms with Gasteiger partial charge in [-0.25, -0.2) is 0 Å². The summed E-state index contributed by atoms with van der Waals surface area (Å²) in [6, 6.07) is 4.10. The lowest BCUT2D eigenvalue weighted by molar-refractivity contribution is 1.66. The van der Waals surface area contributed by atoms with E-state index in [1.807, 2.05) is 11.4 Å². The first-order chi connectivity index (χ1) is 5.70. The minimum atomic E-state index is 0.806. The van der Waals surface area contributed by atoms with Crippen LogP contribution in [0.5, 0.6) is 0 Å². The average Bonchev–Trinajstić information content (AvgIpc) is 2.48. The first kappa shape index (κ1) is 8.53. The van der Waals surface area contributed by atoms with Gasteiger partial charge in [0.1, 0.15) is 0 Å². The highest BCUT2D eigenvalue weighted by Crippen LogP contribution is 2.37. The molecule has 4 heteroatoms. The van der Waals surface area contributed by atoms with Gasteiger partial charge in [0.25, 0.3) is 0 Å². The maximum Gasteiger partial charge on any atom is 0.0558 e. The monoisotopic (exact) mass is 305 g/mol. The zero-order valence-corrected chi connectivity index (χ0v) is 9.96. The van der Waals surface area contributed by atoms with E-state index < -0.39 is 0 Å². The highest BCUT2D eigenvalue weighted by Gasteiger charge is 2.06. The van der Waals surface area contributed by atoms with Crippen molar-refractivity contribution in [2.75, 3.05) is 5.73 Å². The van der Waals surface area contributed by atoms with Crippen LogP contribution in [0.15, 0.2) is 26.5 Å². The number of hydrogen-bond donors (Lipinski definition) is 1. The Hall–Kier alpha value is -0.0600. The number of halogens is 2. The van der Waals surface area contributed by atoms with Gasteiger partial charge in [-0.05, 0) is 49.4 Å². The molecule has 0 saturated heterocycles. The summed E-state index contributed by atoms with van der Waals surface area (Å²) < 4.78 is 3.16. The Bertz CT molecular complexity index is 436. The van der Waals surface area contributed by atoms with Crippen molar-refractivity contribution in [1.29, 1.82) is 0 Å². The molecule has 0 fully saturated rings. The Labute approximate surface area is 90.8 Å². The van der Waals surface area contributed by atoms with Crippen molar-refractivity contribution in [2.24, 2.45) is 0 Å². The molecule has 0 aliphatic carbocycles. The molecule has 1 heterocycles. The largest absolute Gasteiger partial charge is 0.397 e. The lowest BCUT2D eigenvalue weighted by Crippen LogP contribution is -1.87. The fourth-order valence-electron chi connectivity index (χ4n) is 1.08. The van der Waals surface area contributed by atoms with E-state index in [0.717, 1.165) is 20.0 Å². The Morgan fingerprint density at radius 2 is 2.08 bits per heavy atom. The van der Waals surface area contributed by atoms with Gasteiger partial charge in [0, 0.05) is 14.6 Å². The van der Waals surface area contributed by atoms with Crippen molar-refractivity contribution in [3.05, 3.63) is 26.5 Å². The fourth-order valence-corrected chi connectivity index (χ4v) is 2.84. The van der Waals surface area contributed by atoms with E-state index in [1.165, 1.54) is 4.70 Å². The van der Waals surface area contributed by atoms with Gasteiger partial charge in [-0.1, -0.05) is 0 Å². The van der Waals surface area contributed by atoms with Crippen LogP contribution in [0, 0.1) is 0 Å². The molecule has 0 spiro atoms. The molecule has 12 heavy (non-hydrogen) atoms. The number of nitrogen functional groups attached to an aromatic ring is 1. The summed E-state index contributed by atoms with van der Waals surface area (Å²) in [5, 5.41) is 3.16. The van der Waals surface area contributed by atoms with Crippen molar-refractivity contribution in [3.8, 4) is 0 Å². The van der Waals surface area contributed by atoms with Gasteiger partial charge in [-0.15, -0.1) is 11.3 Å². The third-order valence-corrected chi connectivity index (χ3v) is 4.57. The molecule has 0 unspecified atom stereocenters. The predicted molar refractivity (Wildman–Crippen MR) is 61.6 cm³/mol. The Morgan fingerprint density at radius 3 is 2.83 bits per heavy atom. The van der Waals surface area contributed by atoms with Crippen LogP contribution >= 0.6 is 43.2 Å². The van der Waals surface area contributed by atoms with E-state index in [1.54, 1.807) is 11.3 Å². The van der Waals surface area contributed by atoms with Crippen molar-refractivity contribution < 1.29 is 0 Å². The smallest absolute Gasteiger partial charge is 0.0558 e.